The number of nitrogens with two attached hydrogens (primary N) is 1. The number of rotatable bonds is 5. The number of aromatic nitrogens is 2. The smallest absolute Gasteiger partial charge is 0.406 e. The van der Waals surface area contributed by atoms with Crippen LogP contribution in [0.25, 0.3) is 0 Å². The van der Waals surface area contributed by atoms with Gasteiger partial charge in [0, 0.05) is 31.4 Å². The molecule has 0 bridgehead atoms. The van der Waals surface area contributed by atoms with Gasteiger partial charge in [-0.15, -0.1) is 13.2 Å². The Morgan fingerprint density at radius 1 is 1.29 bits per heavy atom. The van der Waals surface area contributed by atoms with E-state index in [9.17, 15) is 13.2 Å². The first-order valence-corrected chi connectivity index (χ1v) is 6.44. The van der Waals surface area contributed by atoms with E-state index in [1.807, 2.05) is 17.7 Å². The van der Waals surface area contributed by atoms with Gasteiger partial charge in [0.05, 0.1) is 0 Å². The van der Waals surface area contributed by atoms with E-state index in [-0.39, 0.29) is 11.8 Å². The number of ether oxygens (including phenoxy) is 1. The van der Waals surface area contributed by atoms with Crippen LogP contribution in [0.1, 0.15) is 18.3 Å². The zero-order valence-electron chi connectivity index (χ0n) is 11.5. The molecule has 0 spiro atoms. The molecular formula is C14H16F3N3O. The number of imidazole rings is 1. The van der Waals surface area contributed by atoms with E-state index in [1.165, 1.54) is 12.1 Å². The van der Waals surface area contributed by atoms with Crippen LogP contribution in [0, 0.1) is 0 Å². The van der Waals surface area contributed by atoms with Crippen molar-refractivity contribution in [3.05, 3.63) is 48.0 Å². The Balaban J connectivity index is 2.05. The van der Waals surface area contributed by atoms with Crippen LogP contribution in [0.5, 0.6) is 5.75 Å². The molecule has 2 rings (SSSR count). The lowest BCUT2D eigenvalue weighted by atomic mass is 10.2. The molecule has 4 nitrogen and oxygen atoms in total. The molecule has 114 valence electrons. The molecular weight excluding hydrogens is 283 g/mol. The second-order valence-corrected chi connectivity index (χ2v) is 4.84. The molecule has 7 heteroatoms. The first-order chi connectivity index (χ1) is 9.83. The highest BCUT2D eigenvalue weighted by Gasteiger charge is 2.30. The second-order valence-electron chi connectivity index (χ2n) is 4.84. The summed E-state index contributed by atoms with van der Waals surface area (Å²) in [6, 6.07) is 5.78. The predicted molar refractivity (Wildman–Crippen MR) is 71.8 cm³/mol. The summed E-state index contributed by atoms with van der Waals surface area (Å²) in [6.45, 7) is 2.41. The summed E-state index contributed by atoms with van der Waals surface area (Å²) >= 11 is 0. The molecule has 1 unspecified atom stereocenters. The molecule has 0 saturated heterocycles. The van der Waals surface area contributed by atoms with Crippen molar-refractivity contribution in [2.45, 2.75) is 32.3 Å². The Morgan fingerprint density at radius 2 is 1.95 bits per heavy atom. The van der Waals surface area contributed by atoms with Gasteiger partial charge in [0.25, 0.3) is 0 Å². The van der Waals surface area contributed by atoms with Crippen molar-refractivity contribution in [2.75, 3.05) is 0 Å². The molecule has 0 aliphatic carbocycles. The maximum Gasteiger partial charge on any atom is 0.573 e. The van der Waals surface area contributed by atoms with E-state index in [4.69, 9.17) is 5.73 Å². The minimum atomic E-state index is -4.67. The van der Waals surface area contributed by atoms with Crippen LogP contribution in [0.2, 0.25) is 0 Å². The monoisotopic (exact) mass is 299 g/mol. The van der Waals surface area contributed by atoms with Crippen molar-refractivity contribution in [3.8, 4) is 5.75 Å². The maximum atomic E-state index is 12.1. The highest BCUT2D eigenvalue weighted by molar-refractivity contribution is 5.27. The summed E-state index contributed by atoms with van der Waals surface area (Å²) in [5.74, 6) is 0.619. The third-order valence-corrected chi connectivity index (χ3v) is 2.82. The molecule has 0 saturated carbocycles. The Bertz CT molecular complexity index is 576. The molecule has 0 aliphatic rings. The summed E-state index contributed by atoms with van der Waals surface area (Å²) in [5.41, 5.74) is 6.60. The van der Waals surface area contributed by atoms with Crippen molar-refractivity contribution < 1.29 is 17.9 Å². The molecule has 0 amide bonds. The van der Waals surface area contributed by atoms with E-state index >= 15 is 0 Å². The predicted octanol–water partition coefficient (Wildman–Crippen LogP) is 2.72. The van der Waals surface area contributed by atoms with E-state index < -0.39 is 6.36 Å². The Morgan fingerprint density at radius 3 is 2.52 bits per heavy atom. The summed E-state index contributed by atoms with van der Waals surface area (Å²) in [7, 11) is 0. The second kappa shape index (κ2) is 6.17. The third-order valence-electron chi connectivity index (χ3n) is 2.82. The molecule has 1 atom stereocenters. The van der Waals surface area contributed by atoms with Crippen molar-refractivity contribution in [1.29, 1.82) is 0 Å². The van der Waals surface area contributed by atoms with Gasteiger partial charge in [0.15, 0.2) is 0 Å². The normalized spacial score (nSPS) is 13.2. The molecule has 21 heavy (non-hydrogen) atoms. The van der Waals surface area contributed by atoms with E-state index in [1.54, 1.807) is 18.3 Å². The fourth-order valence-electron chi connectivity index (χ4n) is 1.96. The van der Waals surface area contributed by atoms with Crippen LogP contribution in [-0.2, 0) is 13.0 Å². The molecule has 1 aromatic carbocycles. The van der Waals surface area contributed by atoms with Gasteiger partial charge in [0.1, 0.15) is 11.6 Å². The van der Waals surface area contributed by atoms with Gasteiger partial charge < -0.3 is 15.0 Å². The van der Waals surface area contributed by atoms with Gasteiger partial charge in [-0.3, -0.25) is 0 Å². The molecule has 2 aromatic rings. The fraction of sp³-hybridized carbons (Fsp3) is 0.357. The van der Waals surface area contributed by atoms with Crippen molar-refractivity contribution in [1.82, 2.24) is 9.55 Å². The first kappa shape index (κ1) is 15.4. The van der Waals surface area contributed by atoms with Crippen LogP contribution in [0.15, 0.2) is 36.7 Å². The Labute approximate surface area is 120 Å². The quantitative estimate of drug-likeness (QED) is 0.923. The zero-order chi connectivity index (χ0) is 15.5. The highest BCUT2D eigenvalue weighted by Crippen LogP contribution is 2.23. The number of halogens is 3. The van der Waals surface area contributed by atoms with E-state index in [0.717, 1.165) is 11.4 Å². The number of hydrogen-bond donors (Lipinski definition) is 1. The highest BCUT2D eigenvalue weighted by atomic mass is 19.4. The zero-order valence-corrected chi connectivity index (χ0v) is 11.5. The van der Waals surface area contributed by atoms with Crippen molar-refractivity contribution in [2.24, 2.45) is 5.73 Å². The fourth-order valence-corrected chi connectivity index (χ4v) is 1.96. The molecule has 1 aromatic heterocycles. The molecule has 0 radical (unpaired) electrons. The average Bonchev–Trinajstić information content (AvgIpc) is 2.76. The molecule has 0 fully saturated rings. The van der Waals surface area contributed by atoms with E-state index in [0.29, 0.717) is 13.0 Å². The van der Waals surface area contributed by atoms with Crippen LogP contribution >= 0.6 is 0 Å². The number of benzene rings is 1. The lowest BCUT2D eigenvalue weighted by Crippen LogP contribution is -2.20. The molecule has 0 aliphatic heterocycles. The van der Waals surface area contributed by atoms with Gasteiger partial charge >= 0.3 is 6.36 Å². The summed E-state index contributed by atoms with van der Waals surface area (Å²) in [6.07, 6.45) is -0.532. The third kappa shape index (κ3) is 4.78. The van der Waals surface area contributed by atoms with Gasteiger partial charge in [0.2, 0.25) is 0 Å². The number of nitrogens with zero attached hydrogens (tertiary/aromatic N) is 2. The van der Waals surface area contributed by atoms with Gasteiger partial charge in [-0.2, -0.15) is 0 Å². The standard InChI is InChI=1S/C14H16F3N3O/c1-10(18)8-13-19-6-7-20(13)9-11-2-4-12(5-3-11)21-14(15,16)17/h2-7,10H,8-9,18H2,1H3. The number of hydrogen-bond acceptors (Lipinski definition) is 3. The molecule has 2 N–H and O–H groups in total. The summed E-state index contributed by atoms with van der Waals surface area (Å²) in [4.78, 5) is 4.23. The minimum Gasteiger partial charge on any atom is -0.406 e. The largest absolute Gasteiger partial charge is 0.573 e. The maximum absolute atomic E-state index is 12.1. The van der Waals surface area contributed by atoms with E-state index in [2.05, 4.69) is 9.72 Å². The topological polar surface area (TPSA) is 53.1 Å². The van der Waals surface area contributed by atoms with Crippen LogP contribution in [0.4, 0.5) is 13.2 Å². The first-order valence-electron chi connectivity index (χ1n) is 6.44. The van der Waals surface area contributed by atoms with Crippen LogP contribution in [0.3, 0.4) is 0 Å². The summed E-state index contributed by atoms with van der Waals surface area (Å²) < 4.78 is 42.0. The van der Waals surface area contributed by atoms with Gasteiger partial charge in [-0.1, -0.05) is 12.1 Å². The van der Waals surface area contributed by atoms with Gasteiger partial charge in [-0.25, -0.2) is 4.98 Å². The molecule has 1 heterocycles. The Kier molecular flexibility index (Phi) is 4.52. The van der Waals surface area contributed by atoms with Crippen molar-refractivity contribution >= 4 is 0 Å². The minimum absolute atomic E-state index is 0.00582. The number of alkyl halides is 3. The lowest BCUT2D eigenvalue weighted by Gasteiger charge is -2.11. The van der Waals surface area contributed by atoms with Crippen molar-refractivity contribution in [3.63, 3.8) is 0 Å². The van der Waals surface area contributed by atoms with Gasteiger partial charge in [-0.05, 0) is 24.6 Å². The Hall–Kier alpha value is -2.02. The van der Waals surface area contributed by atoms with Crippen LogP contribution < -0.4 is 10.5 Å². The SMILES string of the molecule is CC(N)Cc1nccn1Cc1ccc(OC(F)(F)F)cc1. The lowest BCUT2D eigenvalue weighted by molar-refractivity contribution is -0.274. The average molecular weight is 299 g/mol. The van der Waals surface area contributed by atoms with Crippen LogP contribution in [-0.4, -0.2) is 22.0 Å². The summed E-state index contributed by atoms with van der Waals surface area (Å²) in [5, 5.41) is 0.